The molecule has 3 N–H and O–H groups in total. The molecule has 0 aromatic carbocycles. The van der Waals surface area contributed by atoms with Crippen LogP contribution >= 0.6 is 0 Å². The number of aliphatic hydroxyl groups excluding tert-OH is 1. The first-order valence-electron chi connectivity index (χ1n) is 8.76. The average Bonchev–Trinajstić information content (AvgIpc) is 3.36. The third-order valence-electron chi connectivity index (χ3n) is 4.59. The molecule has 4 aromatic heterocycles. The van der Waals surface area contributed by atoms with Gasteiger partial charge in [0.1, 0.15) is 22.8 Å². The number of carbonyl (C=O) groups is 1. The topological polar surface area (TPSA) is 143 Å². The number of amides is 1. The molecule has 0 saturated heterocycles. The maximum absolute atomic E-state index is 14.7. The number of pyridine rings is 1. The summed E-state index contributed by atoms with van der Waals surface area (Å²) in [4.78, 5) is 20.5. The van der Waals surface area contributed by atoms with Crippen LogP contribution in [0.2, 0.25) is 0 Å². The number of hydrogen-bond acceptors (Lipinski definition) is 7. The molecule has 0 atom stereocenters. The Hall–Kier alpha value is -3.67. The number of nitrogens with zero attached hydrogens (tertiary/aromatic N) is 8. The minimum absolute atomic E-state index is 0.0491. The standard InChI is InChI=1S/C17H18FN9O2/c1-4-27-14(12(18)10(7-28)23-27)16-22-17(26(3)24-16)13-8-6-20-25(2)11(8)5-9(21-13)15(19)29/h5-6,28H,4,7H2,1-3H3,(H2,19,29). The molecule has 0 aliphatic heterocycles. The molecule has 0 radical (unpaired) electrons. The minimum Gasteiger partial charge on any atom is -0.390 e. The van der Waals surface area contributed by atoms with Crippen molar-refractivity contribution in [2.45, 2.75) is 20.1 Å². The highest BCUT2D eigenvalue weighted by Crippen LogP contribution is 2.29. The van der Waals surface area contributed by atoms with Crippen LogP contribution in [0.1, 0.15) is 23.1 Å². The fourth-order valence-electron chi connectivity index (χ4n) is 3.16. The maximum atomic E-state index is 14.7. The second-order valence-electron chi connectivity index (χ2n) is 6.39. The second-order valence-corrected chi connectivity index (χ2v) is 6.39. The maximum Gasteiger partial charge on any atom is 0.267 e. The van der Waals surface area contributed by atoms with Crippen molar-refractivity contribution >= 4 is 16.8 Å². The lowest BCUT2D eigenvalue weighted by atomic mass is 10.2. The molecule has 150 valence electrons. The van der Waals surface area contributed by atoms with Gasteiger partial charge in [-0.15, -0.1) is 5.10 Å². The van der Waals surface area contributed by atoms with Gasteiger partial charge in [0.2, 0.25) is 5.82 Å². The summed E-state index contributed by atoms with van der Waals surface area (Å²) in [7, 11) is 3.36. The van der Waals surface area contributed by atoms with Gasteiger partial charge < -0.3 is 10.8 Å². The second kappa shape index (κ2) is 6.74. The zero-order valence-corrected chi connectivity index (χ0v) is 16.0. The van der Waals surface area contributed by atoms with Crippen molar-refractivity contribution in [1.29, 1.82) is 0 Å². The van der Waals surface area contributed by atoms with Crippen LogP contribution in [0, 0.1) is 5.82 Å². The van der Waals surface area contributed by atoms with Crippen LogP contribution in [-0.2, 0) is 27.2 Å². The fourth-order valence-corrected chi connectivity index (χ4v) is 3.16. The molecule has 4 heterocycles. The van der Waals surface area contributed by atoms with E-state index in [2.05, 4.69) is 25.3 Å². The summed E-state index contributed by atoms with van der Waals surface area (Å²) in [5, 5.41) is 22.5. The van der Waals surface area contributed by atoms with Gasteiger partial charge in [-0.25, -0.2) is 19.0 Å². The molecule has 4 rings (SSSR count). The Kier molecular flexibility index (Phi) is 4.34. The van der Waals surface area contributed by atoms with Gasteiger partial charge in [-0.2, -0.15) is 10.2 Å². The summed E-state index contributed by atoms with van der Waals surface area (Å²) >= 11 is 0. The van der Waals surface area contributed by atoms with E-state index in [1.165, 1.54) is 9.36 Å². The van der Waals surface area contributed by atoms with Gasteiger partial charge in [-0.3, -0.25) is 14.2 Å². The van der Waals surface area contributed by atoms with Crippen LogP contribution < -0.4 is 5.73 Å². The van der Waals surface area contributed by atoms with E-state index < -0.39 is 18.3 Å². The summed E-state index contributed by atoms with van der Waals surface area (Å²) in [6.45, 7) is 1.62. The summed E-state index contributed by atoms with van der Waals surface area (Å²) < 4.78 is 19.1. The highest BCUT2D eigenvalue weighted by Gasteiger charge is 2.25. The molecule has 0 spiro atoms. The van der Waals surface area contributed by atoms with Crippen molar-refractivity contribution in [2.75, 3.05) is 0 Å². The van der Waals surface area contributed by atoms with Crippen molar-refractivity contribution in [1.82, 2.24) is 39.3 Å². The Balaban J connectivity index is 1.95. The van der Waals surface area contributed by atoms with Crippen LogP contribution in [0.3, 0.4) is 0 Å². The van der Waals surface area contributed by atoms with Crippen molar-refractivity contribution < 1.29 is 14.3 Å². The summed E-state index contributed by atoms with van der Waals surface area (Å²) in [5.74, 6) is -0.997. The monoisotopic (exact) mass is 399 g/mol. The molecule has 12 heteroatoms. The average molecular weight is 399 g/mol. The lowest BCUT2D eigenvalue weighted by Gasteiger charge is -2.04. The van der Waals surface area contributed by atoms with E-state index in [1.807, 2.05) is 0 Å². The molecule has 0 bridgehead atoms. The largest absolute Gasteiger partial charge is 0.390 e. The number of fused-ring (bicyclic) bond motifs is 1. The first-order valence-corrected chi connectivity index (χ1v) is 8.76. The Morgan fingerprint density at radius 3 is 2.66 bits per heavy atom. The highest BCUT2D eigenvalue weighted by atomic mass is 19.1. The predicted octanol–water partition coefficient (Wildman–Crippen LogP) is 0.377. The summed E-state index contributed by atoms with van der Waals surface area (Å²) in [6, 6.07) is 1.55. The van der Waals surface area contributed by atoms with Crippen molar-refractivity contribution in [3.05, 3.63) is 29.5 Å². The van der Waals surface area contributed by atoms with Gasteiger partial charge in [-0.05, 0) is 13.0 Å². The van der Waals surface area contributed by atoms with Gasteiger partial charge in [0.05, 0.1) is 18.3 Å². The Morgan fingerprint density at radius 1 is 1.24 bits per heavy atom. The number of hydrogen-bond donors (Lipinski definition) is 2. The van der Waals surface area contributed by atoms with E-state index in [1.54, 1.807) is 38.0 Å². The van der Waals surface area contributed by atoms with E-state index in [0.717, 1.165) is 0 Å². The van der Waals surface area contributed by atoms with Crippen molar-refractivity contribution in [3.63, 3.8) is 0 Å². The van der Waals surface area contributed by atoms with Gasteiger partial charge in [0, 0.05) is 26.0 Å². The number of halogens is 1. The van der Waals surface area contributed by atoms with E-state index in [4.69, 9.17) is 5.73 Å². The zero-order chi connectivity index (χ0) is 20.9. The van der Waals surface area contributed by atoms with Crippen LogP contribution in [0.15, 0.2) is 12.3 Å². The molecule has 0 aliphatic carbocycles. The van der Waals surface area contributed by atoms with Gasteiger partial charge >= 0.3 is 0 Å². The number of primary amides is 1. The number of aromatic nitrogens is 8. The molecular formula is C17H18FN9O2. The van der Waals surface area contributed by atoms with Crippen LogP contribution in [-0.4, -0.2) is 50.3 Å². The zero-order valence-electron chi connectivity index (χ0n) is 16.0. The first kappa shape index (κ1) is 18.7. The lowest BCUT2D eigenvalue weighted by molar-refractivity contribution is 0.0996. The number of nitrogens with two attached hydrogens (primary N) is 1. The Bertz CT molecular complexity index is 1250. The number of aryl methyl sites for hydroxylation is 3. The van der Waals surface area contributed by atoms with Crippen molar-refractivity contribution in [3.8, 4) is 23.0 Å². The van der Waals surface area contributed by atoms with Crippen LogP contribution in [0.5, 0.6) is 0 Å². The van der Waals surface area contributed by atoms with Crippen molar-refractivity contribution in [2.24, 2.45) is 19.8 Å². The molecule has 0 fully saturated rings. The molecule has 1 amide bonds. The molecule has 0 unspecified atom stereocenters. The quantitative estimate of drug-likeness (QED) is 0.494. The number of aliphatic hydroxyl groups is 1. The molecule has 29 heavy (non-hydrogen) atoms. The SMILES string of the molecule is CCn1nc(CO)c(F)c1-c1nc(-c2nc(C(N)=O)cc3c2cnn3C)n(C)n1. The number of rotatable bonds is 5. The smallest absolute Gasteiger partial charge is 0.267 e. The summed E-state index contributed by atoms with van der Waals surface area (Å²) in [6.07, 6.45) is 1.59. The molecule has 11 nitrogen and oxygen atoms in total. The van der Waals surface area contributed by atoms with E-state index >= 15 is 0 Å². The Labute approximate surface area is 163 Å². The molecule has 4 aromatic rings. The van der Waals surface area contributed by atoms with E-state index in [0.29, 0.717) is 29.0 Å². The third-order valence-corrected chi connectivity index (χ3v) is 4.59. The van der Waals surface area contributed by atoms with E-state index in [-0.39, 0.29) is 22.9 Å². The molecule has 0 aliphatic rings. The minimum atomic E-state index is -0.695. The Morgan fingerprint density at radius 2 is 2.00 bits per heavy atom. The van der Waals surface area contributed by atoms with E-state index in [9.17, 15) is 14.3 Å². The van der Waals surface area contributed by atoms with Gasteiger partial charge in [0.25, 0.3) is 5.91 Å². The lowest BCUT2D eigenvalue weighted by Crippen LogP contribution is -2.14. The number of carbonyl (C=O) groups excluding carboxylic acids is 1. The predicted molar refractivity (Wildman–Crippen MR) is 99.8 cm³/mol. The van der Waals surface area contributed by atoms with Crippen LogP contribution in [0.25, 0.3) is 33.9 Å². The first-order chi connectivity index (χ1) is 13.8. The molecular weight excluding hydrogens is 381 g/mol. The van der Waals surface area contributed by atoms with Gasteiger partial charge in [-0.1, -0.05) is 0 Å². The normalized spacial score (nSPS) is 11.5. The molecule has 0 saturated carbocycles. The fraction of sp³-hybridized carbons (Fsp3) is 0.294. The van der Waals surface area contributed by atoms with Crippen LogP contribution in [0.4, 0.5) is 4.39 Å². The van der Waals surface area contributed by atoms with Gasteiger partial charge in [0.15, 0.2) is 11.6 Å². The highest BCUT2D eigenvalue weighted by molar-refractivity contribution is 5.99. The third kappa shape index (κ3) is 2.84. The summed E-state index contributed by atoms with van der Waals surface area (Å²) in [5.41, 5.74) is 6.43.